The predicted octanol–water partition coefficient (Wildman–Crippen LogP) is 2.73. The van der Waals surface area contributed by atoms with Crippen molar-refractivity contribution in [3.8, 4) is 0 Å². The van der Waals surface area contributed by atoms with Crippen LogP contribution >= 0.6 is 0 Å². The van der Waals surface area contributed by atoms with E-state index < -0.39 is 10.0 Å². The third-order valence-corrected chi connectivity index (χ3v) is 3.94. The minimum absolute atomic E-state index is 0.325. The van der Waals surface area contributed by atoms with Crippen molar-refractivity contribution in [1.29, 1.82) is 0 Å². The molecule has 0 fully saturated rings. The molecule has 0 spiro atoms. The number of hydrogen-bond acceptors (Lipinski definition) is 3. The van der Waals surface area contributed by atoms with Crippen molar-refractivity contribution in [2.24, 2.45) is 0 Å². The van der Waals surface area contributed by atoms with E-state index in [1.807, 2.05) is 36.4 Å². The number of nitrogens with one attached hydrogen (secondary N) is 1. The molecule has 5 heteroatoms. The van der Waals surface area contributed by atoms with E-state index in [1.165, 1.54) is 5.41 Å². The Morgan fingerprint density at radius 2 is 1.90 bits per heavy atom. The maximum atomic E-state index is 12.0. The molecule has 1 heterocycles. The summed E-state index contributed by atoms with van der Waals surface area (Å²) in [6.07, 6.45) is 4.87. The number of pyridine rings is 1. The first-order valence-corrected chi connectivity index (χ1v) is 7.77. The molecule has 104 valence electrons. The fraction of sp³-hybridized carbons (Fsp3) is 0.133. The van der Waals surface area contributed by atoms with Crippen LogP contribution in [-0.2, 0) is 10.0 Å². The van der Waals surface area contributed by atoms with Gasteiger partial charge in [0.2, 0.25) is 10.0 Å². The van der Waals surface area contributed by atoms with E-state index in [0.29, 0.717) is 0 Å². The molecule has 0 saturated carbocycles. The van der Waals surface area contributed by atoms with Crippen LogP contribution in [0.2, 0.25) is 0 Å². The molecule has 0 aliphatic heterocycles. The summed E-state index contributed by atoms with van der Waals surface area (Å²) in [5, 5.41) is 1.18. The van der Waals surface area contributed by atoms with Gasteiger partial charge in [0.1, 0.15) is 0 Å². The highest BCUT2D eigenvalue weighted by molar-refractivity contribution is 7.92. The Hall–Kier alpha value is -1.98. The van der Waals surface area contributed by atoms with E-state index in [9.17, 15) is 8.42 Å². The van der Waals surface area contributed by atoms with Crippen LogP contribution in [0.15, 0.2) is 60.3 Å². The molecule has 0 amide bonds. The predicted molar refractivity (Wildman–Crippen MR) is 80.2 cm³/mol. The Balaban J connectivity index is 2.06. The molecule has 1 aromatic heterocycles. The molecule has 1 atom stereocenters. The Kier molecular flexibility index (Phi) is 4.65. The van der Waals surface area contributed by atoms with Crippen LogP contribution in [0.5, 0.6) is 0 Å². The molecule has 1 N–H and O–H groups in total. The van der Waals surface area contributed by atoms with Gasteiger partial charge in [-0.05, 0) is 30.2 Å². The van der Waals surface area contributed by atoms with Crippen molar-refractivity contribution in [2.75, 3.05) is 0 Å². The fourth-order valence-corrected chi connectivity index (χ4v) is 2.76. The first-order chi connectivity index (χ1) is 9.57. The van der Waals surface area contributed by atoms with Crippen molar-refractivity contribution in [1.82, 2.24) is 9.71 Å². The molecular formula is C15H16N2O2S. The van der Waals surface area contributed by atoms with Crippen LogP contribution < -0.4 is 4.72 Å². The van der Waals surface area contributed by atoms with Crippen molar-refractivity contribution < 1.29 is 8.42 Å². The topological polar surface area (TPSA) is 59.1 Å². The molecule has 1 aromatic carbocycles. The first-order valence-electron chi connectivity index (χ1n) is 6.22. The molecular weight excluding hydrogens is 272 g/mol. The van der Waals surface area contributed by atoms with E-state index in [2.05, 4.69) is 9.71 Å². The van der Waals surface area contributed by atoms with Gasteiger partial charge in [0.25, 0.3) is 0 Å². The van der Waals surface area contributed by atoms with Crippen LogP contribution in [0.4, 0.5) is 0 Å². The van der Waals surface area contributed by atoms with E-state index >= 15 is 0 Å². The number of benzene rings is 1. The van der Waals surface area contributed by atoms with Gasteiger partial charge in [-0.1, -0.05) is 36.4 Å². The summed E-state index contributed by atoms with van der Waals surface area (Å²) in [7, 11) is -3.49. The lowest BCUT2D eigenvalue weighted by Crippen LogP contribution is -2.24. The van der Waals surface area contributed by atoms with Crippen LogP contribution in [0.1, 0.15) is 24.1 Å². The van der Waals surface area contributed by atoms with Crippen LogP contribution in [0, 0.1) is 0 Å². The van der Waals surface area contributed by atoms with Crippen LogP contribution in [0.25, 0.3) is 6.08 Å². The molecule has 0 aliphatic carbocycles. The van der Waals surface area contributed by atoms with E-state index in [0.717, 1.165) is 11.1 Å². The molecule has 2 rings (SSSR count). The Labute approximate surface area is 119 Å². The highest BCUT2D eigenvalue weighted by Crippen LogP contribution is 2.12. The van der Waals surface area contributed by atoms with Gasteiger partial charge in [-0.25, -0.2) is 13.1 Å². The second kappa shape index (κ2) is 6.45. The number of nitrogens with zero attached hydrogens (tertiary/aromatic N) is 1. The highest BCUT2D eigenvalue weighted by atomic mass is 32.2. The van der Waals surface area contributed by atoms with Gasteiger partial charge >= 0.3 is 0 Å². The van der Waals surface area contributed by atoms with Crippen LogP contribution in [0.3, 0.4) is 0 Å². The quantitative estimate of drug-likeness (QED) is 0.920. The van der Waals surface area contributed by atoms with Crippen molar-refractivity contribution in [3.05, 3.63) is 71.4 Å². The highest BCUT2D eigenvalue weighted by Gasteiger charge is 2.12. The summed E-state index contributed by atoms with van der Waals surface area (Å²) in [6.45, 7) is 1.78. The fourth-order valence-electron chi connectivity index (χ4n) is 1.72. The average molecular weight is 288 g/mol. The van der Waals surface area contributed by atoms with Gasteiger partial charge in [0.05, 0.1) is 0 Å². The normalized spacial score (nSPS) is 13.4. The van der Waals surface area contributed by atoms with Gasteiger partial charge in [0, 0.05) is 23.8 Å². The number of sulfonamides is 1. The molecule has 2 aromatic rings. The minimum Gasteiger partial charge on any atom is -0.264 e. The molecule has 0 aliphatic rings. The smallest absolute Gasteiger partial charge is 0.234 e. The summed E-state index contributed by atoms with van der Waals surface area (Å²) in [6, 6.07) is 12.6. The molecule has 0 radical (unpaired) electrons. The van der Waals surface area contributed by atoms with E-state index in [4.69, 9.17) is 0 Å². The second-order valence-electron chi connectivity index (χ2n) is 4.38. The van der Waals surface area contributed by atoms with Gasteiger partial charge < -0.3 is 0 Å². The first kappa shape index (κ1) is 14.4. The molecule has 20 heavy (non-hydrogen) atoms. The standard InChI is InChI=1S/C15H16N2O2S/c1-13(15-8-5-10-16-12-15)17-20(18,19)11-9-14-6-3-2-4-7-14/h2-13,17H,1H3/b11-9+. The lowest BCUT2D eigenvalue weighted by atomic mass is 10.2. The number of hydrogen-bond donors (Lipinski definition) is 1. The zero-order valence-corrected chi connectivity index (χ0v) is 11.9. The Morgan fingerprint density at radius 3 is 2.55 bits per heavy atom. The van der Waals surface area contributed by atoms with E-state index in [1.54, 1.807) is 31.5 Å². The van der Waals surface area contributed by atoms with Crippen molar-refractivity contribution in [2.45, 2.75) is 13.0 Å². The third-order valence-electron chi connectivity index (χ3n) is 2.76. The zero-order valence-electron chi connectivity index (χ0n) is 11.1. The van der Waals surface area contributed by atoms with Crippen LogP contribution in [-0.4, -0.2) is 13.4 Å². The summed E-state index contributed by atoms with van der Waals surface area (Å²) in [5.74, 6) is 0. The SMILES string of the molecule is CC(NS(=O)(=O)/C=C/c1ccccc1)c1cccnc1. The third kappa shape index (κ3) is 4.29. The Bertz CT molecular complexity index is 668. The largest absolute Gasteiger partial charge is 0.264 e. The summed E-state index contributed by atoms with van der Waals surface area (Å²) < 4.78 is 26.5. The summed E-state index contributed by atoms with van der Waals surface area (Å²) in [5.41, 5.74) is 1.66. The maximum absolute atomic E-state index is 12.0. The van der Waals surface area contributed by atoms with Gasteiger partial charge in [-0.3, -0.25) is 4.98 Å². The van der Waals surface area contributed by atoms with Gasteiger partial charge in [-0.2, -0.15) is 0 Å². The molecule has 0 saturated heterocycles. The minimum atomic E-state index is -3.49. The van der Waals surface area contributed by atoms with Crippen molar-refractivity contribution >= 4 is 16.1 Å². The lowest BCUT2D eigenvalue weighted by Gasteiger charge is -2.11. The summed E-state index contributed by atoms with van der Waals surface area (Å²) in [4.78, 5) is 3.98. The number of aromatic nitrogens is 1. The number of rotatable bonds is 5. The van der Waals surface area contributed by atoms with Crippen molar-refractivity contribution in [3.63, 3.8) is 0 Å². The molecule has 0 bridgehead atoms. The lowest BCUT2D eigenvalue weighted by molar-refractivity contribution is 0.576. The van der Waals surface area contributed by atoms with E-state index in [-0.39, 0.29) is 6.04 Å². The maximum Gasteiger partial charge on any atom is 0.234 e. The zero-order chi connectivity index (χ0) is 14.4. The van der Waals surface area contributed by atoms with Gasteiger partial charge in [-0.15, -0.1) is 0 Å². The second-order valence-corrected chi connectivity index (χ2v) is 5.98. The molecule has 1 unspecified atom stereocenters. The Morgan fingerprint density at radius 1 is 1.15 bits per heavy atom. The summed E-state index contributed by atoms with van der Waals surface area (Å²) >= 11 is 0. The molecule has 4 nitrogen and oxygen atoms in total. The van der Waals surface area contributed by atoms with Gasteiger partial charge in [0.15, 0.2) is 0 Å². The average Bonchev–Trinajstić information content (AvgIpc) is 2.47. The monoisotopic (exact) mass is 288 g/mol.